The molecule has 2 aromatic rings. The summed E-state index contributed by atoms with van der Waals surface area (Å²) in [6.45, 7) is 1.86. The predicted molar refractivity (Wildman–Crippen MR) is 94.8 cm³/mol. The van der Waals surface area contributed by atoms with Gasteiger partial charge in [-0.25, -0.2) is 5.43 Å². The van der Waals surface area contributed by atoms with E-state index in [1.54, 1.807) is 24.3 Å². The minimum atomic E-state index is -1.22. The fourth-order valence-electron chi connectivity index (χ4n) is 3.01. The van der Waals surface area contributed by atoms with E-state index >= 15 is 0 Å². The third-order valence-electron chi connectivity index (χ3n) is 4.46. The van der Waals surface area contributed by atoms with Crippen LogP contribution in [0.1, 0.15) is 48.1 Å². The Labute approximate surface area is 142 Å². The molecule has 2 N–H and O–H groups in total. The molecule has 1 amide bonds. The molecule has 0 heterocycles. The van der Waals surface area contributed by atoms with Crippen LogP contribution in [0.25, 0.3) is 0 Å². The number of nitrogens with one attached hydrogen (secondary N) is 1. The van der Waals surface area contributed by atoms with Crippen LogP contribution >= 0.6 is 0 Å². The van der Waals surface area contributed by atoms with Crippen LogP contribution in [0.5, 0.6) is 0 Å². The summed E-state index contributed by atoms with van der Waals surface area (Å²) in [6, 6.07) is 15.2. The minimum Gasteiger partial charge on any atom is -0.378 e. The van der Waals surface area contributed by atoms with Crippen molar-refractivity contribution in [3.8, 4) is 0 Å². The maximum atomic E-state index is 12.0. The monoisotopic (exact) mass is 322 g/mol. The third kappa shape index (κ3) is 3.71. The first-order valence-electron chi connectivity index (χ1n) is 8.34. The van der Waals surface area contributed by atoms with Crippen LogP contribution in [-0.2, 0) is 17.6 Å². The Balaban J connectivity index is 1.69. The number of carbonyl (C=O) groups excluding carboxylic acids is 1. The molecule has 0 saturated carbocycles. The highest BCUT2D eigenvalue weighted by Gasteiger charge is 2.16. The lowest BCUT2D eigenvalue weighted by atomic mass is 9.90. The average Bonchev–Trinajstić information content (AvgIpc) is 2.65. The van der Waals surface area contributed by atoms with Crippen LogP contribution in [-0.4, -0.2) is 16.7 Å². The predicted octanol–water partition coefficient (Wildman–Crippen LogP) is 3.14. The van der Waals surface area contributed by atoms with Crippen molar-refractivity contribution in [2.75, 3.05) is 0 Å². The van der Waals surface area contributed by atoms with Gasteiger partial charge in [0, 0.05) is 0 Å². The summed E-state index contributed by atoms with van der Waals surface area (Å²) in [4.78, 5) is 12.0. The second-order valence-corrected chi connectivity index (χ2v) is 6.18. The Hall–Kier alpha value is -2.46. The summed E-state index contributed by atoms with van der Waals surface area (Å²) in [6.07, 6.45) is 3.52. The van der Waals surface area contributed by atoms with Gasteiger partial charge in [-0.15, -0.1) is 0 Å². The van der Waals surface area contributed by atoms with Crippen LogP contribution < -0.4 is 5.43 Å². The van der Waals surface area contributed by atoms with Crippen molar-refractivity contribution >= 4 is 11.6 Å². The lowest BCUT2D eigenvalue weighted by Crippen LogP contribution is -2.26. The van der Waals surface area contributed by atoms with Gasteiger partial charge in [0.05, 0.1) is 5.71 Å². The molecule has 0 bridgehead atoms. The van der Waals surface area contributed by atoms with Crippen LogP contribution in [0.4, 0.5) is 0 Å². The summed E-state index contributed by atoms with van der Waals surface area (Å²) in [5.74, 6) is -0.529. The molecule has 0 fully saturated rings. The summed E-state index contributed by atoms with van der Waals surface area (Å²) in [5.41, 5.74) is 7.55. The smallest absolute Gasteiger partial charge is 0.273 e. The van der Waals surface area contributed by atoms with Gasteiger partial charge in [0.1, 0.15) is 0 Å². The lowest BCUT2D eigenvalue weighted by Gasteiger charge is -2.16. The maximum absolute atomic E-state index is 12.0. The molecule has 0 aromatic heterocycles. The Morgan fingerprint density at radius 1 is 1.08 bits per heavy atom. The van der Waals surface area contributed by atoms with Gasteiger partial charge in [-0.2, -0.15) is 5.10 Å². The number of aryl methyl sites for hydroxylation is 2. The number of amides is 1. The van der Waals surface area contributed by atoms with Gasteiger partial charge in [0.25, 0.3) is 5.91 Å². The van der Waals surface area contributed by atoms with E-state index in [1.807, 2.05) is 19.1 Å². The highest BCUT2D eigenvalue weighted by molar-refractivity contribution is 5.99. The zero-order valence-corrected chi connectivity index (χ0v) is 13.8. The molecule has 4 nitrogen and oxygen atoms in total. The summed E-state index contributed by atoms with van der Waals surface area (Å²) in [5, 5.41) is 14.2. The number of aliphatic hydroxyl groups excluding tert-OH is 1. The molecule has 4 heteroatoms. The summed E-state index contributed by atoms with van der Waals surface area (Å²) in [7, 11) is 0. The van der Waals surface area contributed by atoms with E-state index in [9.17, 15) is 9.90 Å². The van der Waals surface area contributed by atoms with Crippen molar-refractivity contribution in [3.05, 3.63) is 70.8 Å². The Morgan fingerprint density at radius 3 is 2.54 bits per heavy atom. The van der Waals surface area contributed by atoms with Crippen molar-refractivity contribution in [2.45, 2.75) is 38.7 Å². The fraction of sp³-hybridized carbons (Fsp3) is 0.300. The Kier molecular flexibility index (Phi) is 5.06. The number of hydrazone groups is 1. The van der Waals surface area contributed by atoms with E-state index in [4.69, 9.17) is 0 Å². The first-order chi connectivity index (χ1) is 11.6. The van der Waals surface area contributed by atoms with Crippen molar-refractivity contribution in [1.82, 2.24) is 5.43 Å². The summed E-state index contributed by atoms with van der Waals surface area (Å²) < 4.78 is 0. The third-order valence-corrected chi connectivity index (χ3v) is 4.46. The van der Waals surface area contributed by atoms with E-state index in [0.29, 0.717) is 5.56 Å². The minimum absolute atomic E-state index is 0.529. The molecule has 0 unspecified atom stereocenters. The van der Waals surface area contributed by atoms with Gasteiger partial charge < -0.3 is 5.11 Å². The molecule has 0 aliphatic heterocycles. The number of benzene rings is 2. The fourth-order valence-corrected chi connectivity index (χ4v) is 3.01. The van der Waals surface area contributed by atoms with E-state index in [-0.39, 0.29) is 0 Å². The SMILES string of the molecule is C/C(=N/NC(=O)[C@@H](O)c1ccccc1)c1ccc2c(c1)CCCC2. The number of carbonyl (C=O) groups is 1. The Morgan fingerprint density at radius 2 is 1.79 bits per heavy atom. The highest BCUT2D eigenvalue weighted by Crippen LogP contribution is 2.22. The second-order valence-electron chi connectivity index (χ2n) is 6.18. The number of hydrogen-bond donors (Lipinski definition) is 2. The Bertz CT molecular complexity index is 753. The quantitative estimate of drug-likeness (QED) is 0.671. The number of nitrogens with zero attached hydrogens (tertiary/aromatic N) is 1. The van der Waals surface area contributed by atoms with Crippen molar-refractivity contribution < 1.29 is 9.90 Å². The van der Waals surface area contributed by atoms with E-state index in [2.05, 4.69) is 22.7 Å². The van der Waals surface area contributed by atoms with E-state index in [0.717, 1.165) is 24.1 Å². The molecule has 0 saturated heterocycles. The molecule has 1 aliphatic carbocycles. The first kappa shape index (κ1) is 16.4. The molecule has 1 aliphatic rings. The van der Waals surface area contributed by atoms with Gasteiger partial charge in [0.15, 0.2) is 6.10 Å². The van der Waals surface area contributed by atoms with Gasteiger partial charge >= 0.3 is 0 Å². The summed E-state index contributed by atoms with van der Waals surface area (Å²) >= 11 is 0. The molecule has 0 radical (unpaired) electrons. The molecular formula is C20H22N2O2. The highest BCUT2D eigenvalue weighted by atomic mass is 16.3. The zero-order chi connectivity index (χ0) is 16.9. The van der Waals surface area contributed by atoms with Gasteiger partial charge in [0.2, 0.25) is 0 Å². The van der Waals surface area contributed by atoms with Crippen LogP contribution in [0.15, 0.2) is 53.6 Å². The maximum Gasteiger partial charge on any atom is 0.273 e. The van der Waals surface area contributed by atoms with E-state index < -0.39 is 12.0 Å². The van der Waals surface area contributed by atoms with Crippen molar-refractivity contribution in [2.24, 2.45) is 5.10 Å². The molecule has 24 heavy (non-hydrogen) atoms. The molecule has 1 atom stereocenters. The standard InChI is InChI=1S/C20H22N2O2/c1-14(17-12-11-15-7-5-6-10-18(15)13-17)21-22-20(24)19(23)16-8-3-2-4-9-16/h2-4,8-9,11-13,19,23H,5-7,10H2,1H3,(H,22,24)/b21-14-/t19-/m0/s1. The number of fused-ring (bicyclic) bond motifs is 1. The van der Waals surface area contributed by atoms with Crippen LogP contribution in [0.2, 0.25) is 0 Å². The largest absolute Gasteiger partial charge is 0.378 e. The van der Waals surface area contributed by atoms with Crippen LogP contribution in [0.3, 0.4) is 0 Å². The van der Waals surface area contributed by atoms with Gasteiger partial charge in [-0.05, 0) is 60.9 Å². The molecule has 3 rings (SSSR count). The first-order valence-corrected chi connectivity index (χ1v) is 8.34. The number of hydrogen-bond acceptors (Lipinski definition) is 3. The molecule has 124 valence electrons. The normalized spacial score (nSPS) is 15.5. The van der Waals surface area contributed by atoms with Crippen molar-refractivity contribution in [1.29, 1.82) is 0 Å². The molecular weight excluding hydrogens is 300 g/mol. The lowest BCUT2D eigenvalue weighted by molar-refractivity contribution is -0.129. The van der Waals surface area contributed by atoms with Crippen molar-refractivity contribution in [3.63, 3.8) is 0 Å². The second kappa shape index (κ2) is 7.41. The van der Waals surface area contributed by atoms with Gasteiger partial charge in [-0.1, -0.05) is 42.5 Å². The van der Waals surface area contributed by atoms with E-state index in [1.165, 1.54) is 24.0 Å². The van der Waals surface area contributed by atoms with Gasteiger partial charge in [-0.3, -0.25) is 4.79 Å². The van der Waals surface area contributed by atoms with Crippen LogP contribution in [0, 0.1) is 0 Å². The molecule has 0 spiro atoms. The topological polar surface area (TPSA) is 61.7 Å². The number of rotatable bonds is 4. The number of aliphatic hydroxyl groups is 1. The zero-order valence-electron chi connectivity index (χ0n) is 13.8. The average molecular weight is 322 g/mol. The molecule has 2 aromatic carbocycles.